The van der Waals surface area contributed by atoms with Crippen molar-refractivity contribution in [2.75, 3.05) is 24.6 Å². The van der Waals surface area contributed by atoms with Gasteiger partial charge < -0.3 is 9.64 Å². The van der Waals surface area contributed by atoms with Crippen LogP contribution in [0.3, 0.4) is 0 Å². The number of rotatable bonds is 10. The Morgan fingerprint density at radius 1 is 0.897 bits per heavy atom. The van der Waals surface area contributed by atoms with Crippen LogP contribution in [0.5, 0.6) is 0 Å². The van der Waals surface area contributed by atoms with E-state index in [0.717, 1.165) is 28.6 Å². The first-order valence-electron chi connectivity index (χ1n) is 12.7. The van der Waals surface area contributed by atoms with Gasteiger partial charge in [-0.2, -0.15) is 26.3 Å². The highest BCUT2D eigenvalue weighted by Gasteiger charge is 2.37. The summed E-state index contributed by atoms with van der Waals surface area (Å²) in [7, 11) is 0. The fourth-order valence-electron chi connectivity index (χ4n) is 4.24. The van der Waals surface area contributed by atoms with Gasteiger partial charge in [-0.15, -0.1) is 0 Å². The molecule has 0 saturated carbocycles. The Morgan fingerprint density at radius 2 is 1.54 bits per heavy atom. The van der Waals surface area contributed by atoms with Crippen LogP contribution in [0.15, 0.2) is 48.5 Å². The number of alkyl halides is 6. The minimum Gasteiger partial charge on any atom is -0.450 e. The first-order chi connectivity index (χ1) is 18.4. The van der Waals surface area contributed by atoms with E-state index in [9.17, 15) is 31.1 Å². The number of ether oxygens (including phenoxy) is 1. The smallest absolute Gasteiger partial charge is 0.416 e. The lowest BCUT2D eigenvalue weighted by Crippen LogP contribution is -2.33. The lowest BCUT2D eigenvalue weighted by Gasteiger charge is -2.28. The molecule has 3 rings (SSSR count). The average Bonchev–Trinajstić information content (AvgIpc) is 2.87. The number of amides is 1. The highest BCUT2D eigenvalue weighted by Crippen LogP contribution is 2.37. The van der Waals surface area contributed by atoms with Crippen molar-refractivity contribution >= 4 is 22.8 Å². The topological polar surface area (TPSA) is 45.7 Å². The van der Waals surface area contributed by atoms with Crippen LogP contribution in [0.1, 0.15) is 55.9 Å². The van der Waals surface area contributed by atoms with Crippen molar-refractivity contribution in [3.05, 3.63) is 70.8 Å². The van der Waals surface area contributed by atoms with Crippen LogP contribution in [0.25, 0.3) is 10.9 Å². The summed E-state index contributed by atoms with van der Waals surface area (Å²) in [4.78, 5) is 20.9. The number of unbranched alkanes of at least 4 members (excludes halogenated alkanes) is 1. The number of carbonyl (C=O) groups is 1. The Morgan fingerprint density at radius 3 is 2.10 bits per heavy atom. The van der Waals surface area contributed by atoms with Crippen LogP contribution in [0, 0.1) is 0 Å². The number of fused-ring (bicyclic) bond motifs is 1. The zero-order valence-electron chi connectivity index (χ0n) is 22.0. The molecule has 0 spiro atoms. The maximum Gasteiger partial charge on any atom is 0.416 e. The summed E-state index contributed by atoms with van der Waals surface area (Å²) in [5.74, 6) is 0.596. The number of hydrogen-bond acceptors (Lipinski definition) is 4. The summed E-state index contributed by atoms with van der Waals surface area (Å²) in [6.45, 7) is 6.19. The monoisotopic (exact) mass is 555 g/mol. The molecule has 212 valence electrons. The van der Waals surface area contributed by atoms with Gasteiger partial charge in [0.25, 0.3) is 0 Å². The largest absolute Gasteiger partial charge is 0.450 e. The molecule has 1 aromatic heterocycles. The van der Waals surface area contributed by atoms with Gasteiger partial charge >= 0.3 is 18.4 Å². The zero-order chi connectivity index (χ0) is 28.8. The third-order valence-electron chi connectivity index (χ3n) is 6.15. The quantitative estimate of drug-likeness (QED) is 0.238. The van der Waals surface area contributed by atoms with E-state index in [1.807, 2.05) is 42.2 Å². The summed E-state index contributed by atoms with van der Waals surface area (Å²) in [6.07, 6.45) is -9.04. The molecule has 1 heterocycles. The molecule has 0 radical (unpaired) electrons. The molecule has 5 nitrogen and oxygen atoms in total. The maximum absolute atomic E-state index is 13.4. The molecule has 0 unspecified atom stereocenters. The highest BCUT2D eigenvalue weighted by molar-refractivity contribution is 5.82. The highest BCUT2D eigenvalue weighted by atomic mass is 19.4. The predicted octanol–water partition coefficient (Wildman–Crippen LogP) is 8.06. The fourth-order valence-corrected chi connectivity index (χ4v) is 4.24. The number of halogens is 6. The molecule has 1 amide bonds. The van der Waals surface area contributed by atoms with E-state index < -0.39 is 36.1 Å². The molecule has 0 N–H and O–H groups in total. The molecule has 0 aliphatic heterocycles. The van der Waals surface area contributed by atoms with Crippen LogP contribution in [0.2, 0.25) is 0 Å². The predicted molar refractivity (Wildman–Crippen MR) is 137 cm³/mol. The molecule has 0 atom stereocenters. The Balaban J connectivity index is 2.09. The van der Waals surface area contributed by atoms with Gasteiger partial charge in [0, 0.05) is 30.6 Å². The summed E-state index contributed by atoms with van der Waals surface area (Å²) >= 11 is 0. The summed E-state index contributed by atoms with van der Waals surface area (Å²) in [5.41, 5.74) is -1.88. The van der Waals surface area contributed by atoms with Gasteiger partial charge in [0.15, 0.2) is 0 Å². The third kappa shape index (κ3) is 7.77. The molecule has 2 aromatic carbocycles. The summed E-state index contributed by atoms with van der Waals surface area (Å²) in [6, 6.07) is 10.5. The van der Waals surface area contributed by atoms with E-state index in [0.29, 0.717) is 36.6 Å². The van der Waals surface area contributed by atoms with Gasteiger partial charge in [-0.05, 0) is 56.2 Å². The molecule has 0 fully saturated rings. The van der Waals surface area contributed by atoms with Gasteiger partial charge in [0.2, 0.25) is 0 Å². The second kappa shape index (κ2) is 12.6. The fraction of sp³-hybridized carbons (Fsp3) is 0.429. The number of pyridine rings is 1. The van der Waals surface area contributed by atoms with Crippen LogP contribution in [-0.2, 0) is 30.2 Å². The molecule has 0 aliphatic rings. The van der Waals surface area contributed by atoms with Gasteiger partial charge in [-0.1, -0.05) is 31.5 Å². The Bertz CT molecular complexity index is 1240. The standard InChI is InChI=1S/C28H31F6N3O2/c1-4-7-12-36(5-2)25-21(15-20-10-8-9-11-24(20)35-25)18-37(26(38)39-6-3)17-19-13-22(27(29,30)31)16-23(14-19)28(32,33)34/h8-11,13-16H,4-7,12,17-18H2,1-3H3. The SMILES string of the molecule is CCCCN(CC)c1nc2ccccc2cc1CN(Cc1cc(C(F)(F)F)cc(C(F)(F)F)c1)C(=O)OCC. The maximum atomic E-state index is 13.4. The molecule has 0 aliphatic carbocycles. The van der Waals surface area contributed by atoms with Crippen molar-refractivity contribution in [2.24, 2.45) is 0 Å². The van der Waals surface area contributed by atoms with Crippen molar-refractivity contribution < 1.29 is 35.9 Å². The van der Waals surface area contributed by atoms with E-state index in [2.05, 4.69) is 6.92 Å². The molecule has 0 bridgehead atoms. The van der Waals surface area contributed by atoms with Crippen LogP contribution in [0.4, 0.5) is 37.0 Å². The van der Waals surface area contributed by atoms with E-state index in [1.54, 1.807) is 6.92 Å². The van der Waals surface area contributed by atoms with Crippen LogP contribution >= 0.6 is 0 Å². The van der Waals surface area contributed by atoms with Crippen molar-refractivity contribution in [1.29, 1.82) is 0 Å². The van der Waals surface area contributed by atoms with Gasteiger partial charge in [0.05, 0.1) is 29.8 Å². The summed E-state index contributed by atoms with van der Waals surface area (Å²) < 4.78 is 85.8. The number of benzene rings is 2. The number of para-hydroxylation sites is 1. The van der Waals surface area contributed by atoms with Crippen molar-refractivity contribution in [2.45, 2.75) is 59.1 Å². The minimum atomic E-state index is -5.00. The van der Waals surface area contributed by atoms with Crippen molar-refractivity contribution in [3.63, 3.8) is 0 Å². The Kier molecular flexibility index (Phi) is 9.68. The number of aromatic nitrogens is 1. The Hall–Kier alpha value is -3.50. The molecule has 11 heteroatoms. The Labute approximate surface area is 223 Å². The summed E-state index contributed by atoms with van der Waals surface area (Å²) in [5, 5.41) is 0.782. The lowest BCUT2D eigenvalue weighted by molar-refractivity contribution is -0.143. The van der Waals surface area contributed by atoms with Crippen LogP contribution < -0.4 is 4.90 Å². The molecule has 0 saturated heterocycles. The second-order valence-electron chi connectivity index (χ2n) is 9.07. The number of nitrogens with zero attached hydrogens (tertiary/aromatic N) is 3. The van der Waals surface area contributed by atoms with Gasteiger partial charge in [-0.25, -0.2) is 9.78 Å². The molecule has 3 aromatic rings. The number of carbonyl (C=O) groups excluding carboxylic acids is 1. The number of anilines is 1. The molecular weight excluding hydrogens is 524 g/mol. The van der Waals surface area contributed by atoms with Crippen molar-refractivity contribution in [1.82, 2.24) is 9.88 Å². The normalized spacial score (nSPS) is 12.0. The van der Waals surface area contributed by atoms with Crippen LogP contribution in [-0.4, -0.2) is 35.7 Å². The average molecular weight is 556 g/mol. The van der Waals surface area contributed by atoms with E-state index in [1.165, 1.54) is 0 Å². The van der Waals surface area contributed by atoms with E-state index in [4.69, 9.17) is 9.72 Å². The number of hydrogen-bond donors (Lipinski definition) is 0. The second-order valence-corrected chi connectivity index (χ2v) is 9.07. The van der Waals surface area contributed by atoms with E-state index >= 15 is 0 Å². The van der Waals surface area contributed by atoms with E-state index in [-0.39, 0.29) is 24.8 Å². The molecular formula is C28H31F6N3O2. The minimum absolute atomic E-state index is 0.0217. The lowest BCUT2D eigenvalue weighted by atomic mass is 10.0. The van der Waals surface area contributed by atoms with Gasteiger partial charge in [-0.3, -0.25) is 4.90 Å². The van der Waals surface area contributed by atoms with Crippen molar-refractivity contribution in [3.8, 4) is 0 Å². The zero-order valence-corrected chi connectivity index (χ0v) is 22.0. The van der Waals surface area contributed by atoms with Gasteiger partial charge in [0.1, 0.15) is 5.82 Å². The molecule has 39 heavy (non-hydrogen) atoms. The third-order valence-corrected chi connectivity index (χ3v) is 6.15. The first-order valence-corrected chi connectivity index (χ1v) is 12.7. The first kappa shape index (κ1) is 30.0.